The van der Waals surface area contributed by atoms with Crippen molar-refractivity contribution in [3.05, 3.63) is 59.8 Å². The quantitative estimate of drug-likeness (QED) is 0.726. The molecule has 0 saturated carbocycles. The van der Waals surface area contributed by atoms with E-state index in [9.17, 15) is 9.18 Å². The fourth-order valence-electron chi connectivity index (χ4n) is 3.49. The molecule has 1 saturated heterocycles. The van der Waals surface area contributed by atoms with Gasteiger partial charge in [-0.05, 0) is 43.2 Å². The first-order valence-corrected chi connectivity index (χ1v) is 8.60. The summed E-state index contributed by atoms with van der Waals surface area (Å²) in [6.45, 7) is 1.20. The molecule has 4 rings (SSSR count). The third-order valence-corrected chi connectivity index (χ3v) is 4.81. The van der Waals surface area contributed by atoms with Gasteiger partial charge in [-0.15, -0.1) is 10.2 Å². The minimum atomic E-state index is -0.532. The summed E-state index contributed by atoms with van der Waals surface area (Å²) in [5.74, 6) is 0.389. The second-order valence-corrected chi connectivity index (χ2v) is 6.43. The Morgan fingerprint density at radius 2 is 2.15 bits per heavy atom. The van der Waals surface area contributed by atoms with E-state index in [0.29, 0.717) is 18.7 Å². The molecule has 1 fully saturated rings. The molecule has 0 bridgehead atoms. The van der Waals surface area contributed by atoms with E-state index < -0.39 is 5.82 Å². The van der Waals surface area contributed by atoms with Crippen LogP contribution in [0.4, 0.5) is 4.39 Å². The molecular formula is C19H19FN4O2. The molecule has 6 nitrogen and oxygen atoms in total. The number of rotatable bonds is 3. The van der Waals surface area contributed by atoms with Crippen molar-refractivity contribution in [3.8, 4) is 5.75 Å². The number of methoxy groups -OCH3 is 1. The highest BCUT2D eigenvalue weighted by Crippen LogP contribution is 2.27. The first-order valence-electron chi connectivity index (χ1n) is 8.60. The van der Waals surface area contributed by atoms with Crippen molar-refractivity contribution in [1.29, 1.82) is 0 Å². The van der Waals surface area contributed by atoms with Gasteiger partial charge in [-0.3, -0.25) is 9.20 Å². The summed E-state index contributed by atoms with van der Waals surface area (Å²) in [5, 5.41) is 8.52. The number of hydrogen-bond acceptors (Lipinski definition) is 4. The molecular weight excluding hydrogens is 335 g/mol. The first kappa shape index (κ1) is 16.5. The number of carbonyl (C=O) groups is 1. The van der Waals surface area contributed by atoms with Crippen molar-refractivity contribution in [1.82, 2.24) is 19.5 Å². The summed E-state index contributed by atoms with van der Waals surface area (Å²) in [7, 11) is 1.40. The molecule has 134 valence electrons. The van der Waals surface area contributed by atoms with Gasteiger partial charge in [0, 0.05) is 30.8 Å². The number of ether oxygens (including phenoxy) is 1. The summed E-state index contributed by atoms with van der Waals surface area (Å²) >= 11 is 0. The van der Waals surface area contributed by atoms with E-state index in [1.807, 2.05) is 28.8 Å². The second kappa shape index (κ2) is 6.74. The fraction of sp³-hybridized carbons (Fsp3) is 0.316. The van der Waals surface area contributed by atoms with Gasteiger partial charge in [0.05, 0.1) is 7.11 Å². The van der Waals surface area contributed by atoms with Gasteiger partial charge < -0.3 is 9.64 Å². The Kier molecular flexibility index (Phi) is 4.28. The second-order valence-electron chi connectivity index (χ2n) is 6.43. The topological polar surface area (TPSA) is 59.7 Å². The van der Waals surface area contributed by atoms with Crippen molar-refractivity contribution in [2.45, 2.75) is 18.8 Å². The molecule has 0 aliphatic carbocycles. The van der Waals surface area contributed by atoms with Crippen LogP contribution in [0.2, 0.25) is 0 Å². The molecule has 0 spiro atoms. The number of carbonyl (C=O) groups excluding carboxylic acids is 1. The molecule has 1 atom stereocenters. The summed E-state index contributed by atoms with van der Waals surface area (Å²) in [4.78, 5) is 14.6. The highest BCUT2D eigenvalue weighted by Gasteiger charge is 2.28. The van der Waals surface area contributed by atoms with Gasteiger partial charge in [0.1, 0.15) is 5.82 Å². The number of halogens is 1. The van der Waals surface area contributed by atoms with Crippen LogP contribution in [0.1, 0.15) is 34.9 Å². The molecule has 0 radical (unpaired) electrons. The largest absolute Gasteiger partial charge is 0.494 e. The molecule has 1 aromatic carbocycles. The lowest BCUT2D eigenvalue weighted by molar-refractivity contribution is 0.0703. The molecule has 26 heavy (non-hydrogen) atoms. The van der Waals surface area contributed by atoms with E-state index in [0.717, 1.165) is 24.3 Å². The molecule has 1 aliphatic heterocycles. The molecule has 7 heteroatoms. The van der Waals surface area contributed by atoms with E-state index in [2.05, 4.69) is 10.2 Å². The monoisotopic (exact) mass is 354 g/mol. The first-order chi connectivity index (χ1) is 12.7. The van der Waals surface area contributed by atoms with Crippen LogP contribution in [-0.4, -0.2) is 45.6 Å². The van der Waals surface area contributed by atoms with E-state index in [1.165, 1.54) is 19.2 Å². The predicted octanol–water partition coefficient (Wildman–Crippen LogP) is 2.90. The van der Waals surface area contributed by atoms with Gasteiger partial charge in [-0.2, -0.15) is 0 Å². The normalized spacial score (nSPS) is 17.5. The lowest BCUT2D eigenvalue weighted by atomic mass is 9.96. The fourth-order valence-corrected chi connectivity index (χ4v) is 3.49. The average molecular weight is 354 g/mol. The summed E-state index contributed by atoms with van der Waals surface area (Å²) in [6.07, 6.45) is 3.75. The zero-order chi connectivity index (χ0) is 18.1. The maximum Gasteiger partial charge on any atom is 0.253 e. The number of amides is 1. The Morgan fingerprint density at radius 1 is 1.27 bits per heavy atom. The van der Waals surface area contributed by atoms with Gasteiger partial charge in [0.2, 0.25) is 0 Å². The van der Waals surface area contributed by atoms with Crippen LogP contribution >= 0.6 is 0 Å². The number of hydrogen-bond donors (Lipinski definition) is 0. The third-order valence-electron chi connectivity index (χ3n) is 4.81. The number of piperidine rings is 1. The third kappa shape index (κ3) is 2.89. The predicted molar refractivity (Wildman–Crippen MR) is 93.8 cm³/mol. The van der Waals surface area contributed by atoms with Crippen LogP contribution in [0.5, 0.6) is 5.75 Å². The summed E-state index contributed by atoms with van der Waals surface area (Å²) < 4.78 is 20.8. The van der Waals surface area contributed by atoms with E-state index >= 15 is 0 Å². The summed E-state index contributed by atoms with van der Waals surface area (Å²) in [6, 6.07) is 10.1. The molecule has 3 heterocycles. The number of pyridine rings is 1. The van der Waals surface area contributed by atoms with Crippen molar-refractivity contribution in [2.75, 3.05) is 20.2 Å². The smallest absolute Gasteiger partial charge is 0.253 e. The number of fused-ring (bicyclic) bond motifs is 1. The molecule has 0 N–H and O–H groups in total. The molecule has 3 aromatic rings. The minimum Gasteiger partial charge on any atom is -0.494 e. The maximum absolute atomic E-state index is 13.9. The van der Waals surface area contributed by atoms with Crippen molar-refractivity contribution >= 4 is 11.6 Å². The van der Waals surface area contributed by atoms with Gasteiger partial charge in [-0.1, -0.05) is 6.07 Å². The Hall–Kier alpha value is -2.96. The number of nitrogens with zero attached hydrogens (tertiary/aromatic N) is 4. The lowest BCUT2D eigenvalue weighted by Crippen LogP contribution is -2.39. The van der Waals surface area contributed by atoms with Gasteiger partial charge in [0.15, 0.2) is 17.2 Å². The van der Waals surface area contributed by atoms with Crippen molar-refractivity contribution in [2.24, 2.45) is 0 Å². The zero-order valence-corrected chi connectivity index (χ0v) is 14.4. The molecule has 0 unspecified atom stereocenters. The zero-order valence-electron chi connectivity index (χ0n) is 14.4. The lowest BCUT2D eigenvalue weighted by Gasteiger charge is -2.32. The number of aromatic nitrogens is 3. The highest BCUT2D eigenvalue weighted by atomic mass is 19.1. The van der Waals surface area contributed by atoms with Crippen LogP contribution in [0.25, 0.3) is 5.65 Å². The van der Waals surface area contributed by atoms with Crippen LogP contribution in [-0.2, 0) is 0 Å². The minimum absolute atomic E-state index is 0.105. The van der Waals surface area contributed by atoms with E-state index in [1.54, 1.807) is 11.0 Å². The molecule has 1 aliphatic rings. The maximum atomic E-state index is 13.9. The van der Waals surface area contributed by atoms with Crippen LogP contribution in [0.3, 0.4) is 0 Å². The Morgan fingerprint density at radius 3 is 2.96 bits per heavy atom. The van der Waals surface area contributed by atoms with Gasteiger partial charge >= 0.3 is 0 Å². The van der Waals surface area contributed by atoms with Gasteiger partial charge in [0.25, 0.3) is 5.91 Å². The van der Waals surface area contributed by atoms with Crippen LogP contribution < -0.4 is 4.74 Å². The Bertz CT molecular complexity index is 956. The number of benzene rings is 1. The SMILES string of the molecule is COc1ccc(C(=O)N2CCC[C@@H](c3nnc4ccccn34)C2)cc1F. The van der Waals surface area contributed by atoms with E-state index in [-0.39, 0.29) is 17.6 Å². The average Bonchev–Trinajstić information content (AvgIpc) is 3.11. The molecule has 2 aromatic heterocycles. The molecule has 1 amide bonds. The Balaban J connectivity index is 1.56. The van der Waals surface area contributed by atoms with E-state index in [4.69, 9.17) is 4.74 Å². The Labute approximate surface area is 150 Å². The van der Waals surface area contributed by atoms with Crippen molar-refractivity contribution in [3.63, 3.8) is 0 Å². The van der Waals surface area contributed by atoms with Crippen LogP contribution in [0, 0.1) is 5.82 Å². The summed E-state index contributed by atoms with van der Waals surface area (Å²) in [5.41, 5.74) is 1.12. The standard InChI is InChI=1S/C19H19FN4O2/c1-26-16-8-7-13(11-15(16)20)19(25)23-9-4-5-14(12-23)18-22-21-17-6-2-3-10-24(17)18/h2-3,6-8,10-11,14H,4-5,9,12H2,1H3/t14-/m1/s1. The van der Waals surface area contributed by atoms with Crippen LogP contribution in [0.15, 0.2) is 42.6 Å². The van der Waals surface area contributed by atoms with Crippen molar-refractivity contribution < 1.29 is 13.9 Å². The van der Waals surface area contributed by atoms with Gasteiger partial charge in [-0.25, -0.2) is 4.39 Å². The highest BCUT2D eigenvalue weighted by molar-refractivity contribution is 5.94. The number of likely N-dealkylation sites (tertiary alicyclic amines) is 1.